The summed E-state index contributed by atoms with van der Waals surface area (Å²) in [6.45, 7) is 7.49. The fourth-order valence-electron chi connectivity index (χ4n) is 1.03. The maximum absolute atomic E-state index is 11.3. The molecule has 5 nitrogen and oxygen atoms in total. The SMILES string of the molecule is Cc1ccc(C#CCNC(=O)OC(C)(C)C)nn1. The summed E-state index contributed by atoms with van der Waals surface area (Å²) in [6.07, 6.45) is -0.480. The molecule has 0 saturated carbocycles. The third-order valence-electron chi connectivity index (χ3n) is 1.73. The molecule has 0 unspecified atom stereocenters. The van der Waals surface area contributed by atoms with Gasteiger partial charge in [0, 0.05) is 0 Å². The lowest BCUT2D eigenvalue weighted by molar-refractivity contribution is 0.0535. The van der Waals surface area contributed by atoms with Gasteiger partial charge >= 0.3 is 6.09 Å². The summed E-state index contributed by atoms with van der Waals surface area (Å²) >= 11 is 0. The standard InChI is InChI=1S/C13H17N3O2/c1-10-7-8-11(16-15-10)6-5-9-14-12(17)18-13(2,3)4/h7-8H,9H2,1-4H3,(H,14,17). The first-order chi connectivity index (χ1) is 8.37. The first kappa shape index (κ1) is 14.0. The second kappa shape index (κ2) is 6.01. The van der Waals surface area contributed by atoms with Gasteiger partial charge in [-0.25, -0.2) is 4.79 Å². The fraction of sp³-hybridized carbons (Fsp3) is 0.462. The van der Waals surface area contributed by atoms with Gasteiger partial charge in [-0.3, -0.25) is 0 Å². The van der Waals surface area contributed by atoms with E-state index < -0.39 is 11.7 Å². The van der Waals surface area contributed by atoms with Crippen LogP contribution in [0, 0.1) is 18.8 Å². The van der Waals surface area contributed by atoms with Crippen molar-refractivity contribution in [1.29, 1.82) is 0 Å². The van der Waals surface area contributed by atoms with E-state index in [2.05, 4.69) is 27.4 Å². The van der Waals surface area contributed by atoms with Crippen LogP contribution in [-0.2, 0) is 4.74 Å². The van der Waals surface area contributed by atoms with Crippen LogP contribution in [0.25, 0.3) is 0 Å². The van der Waals surface area contributed by atoms with Crippen molar-refractivity contribution in [2.24, 2.45) is 0 Å². The highest BCUT2D eigenvalue weighted by Gasteiger charge is 2.14. The first-order valence-corrected chi connectivity index (χ1v) is 5.63. The van der Waals surface area contributed by atoms with Crippen LogP contribution in [0.3, 0.4) is 0 Å². The van der Waals surface area contributed by atoms with Crippen molar-refractivity contribution in [3.63, 3.8) is 0 Å². The zero-order chi connectivity index (χ0) is 13.6. The Morgan fingerprint density at radius 1 is 1.39 bits per heavy atom. The third kappa shape index (κ3) is 5.85. The van der Waals surface area contributed by atoms with Crippen molar-refractivity contribution in [3.05, 3.63) is 23.5 Å². The topological polar surface area (TPSA) is 64.1 Å². The molecule has 0 radical (unpaired) electrons. The third-order valence-corrected chi connectivity index (χ3v) is 1.73. The summed E-state index contributed by atoms with van der Waals surface area (Å²) in [7, 11) is 0. The minimum absolute atomic E-state index is 0.213. The number of carbonyl (C=O) groups is 1. The molecule has 0 spiro atoms. The van der Waals surface area contributed by atoms with Gasteiger partial charge in [-0.1, -0.05) is 5.92 Å². The number of hydrogen-bond donors (Lipinski definition) is 1. The van der Waals surface area contributed by atoms with Crippen molar-refractivity contribution >= 4 is 6.09 Å². The van der Waals surface area contributed by atoms with E-state index in [1.54, 1.807) is 26.8 Å². The van der Waals surface area contributed by atoms with E-state index in [4.69, 9.17) is 4.74 Å². The average molecular weight is 247 g/mol. The number of nitrogens with zero attached hydrogens (tertiary/aromatic N) is 2. The lowest BCUT2D eigenvalue weighted by Gasteiger charge is -2.18. The number of aryl methyl sites for hydroxylation is 1. The molecule has 0 saturated heterocycles. The molecule has 0 aliphatic carbocycles. The van der Waals surface area contributed by atoms with Crippen LogP contribution in [0.15, 0.2) is 12.1 Å². The molecule has 1 aromatic rings. The van der Waals surface area contributed by atoms with E-state index in [1.807, 2.05) is 13.0 Å². The molecular formula is C13H17N3O2. The lowest BCUT2D eigenvalue weighted by atomic mass is 10.2. The second-order valence-corrected chi connectivity index (χ2v) is 4.72. The van der Waals surface area contributed by atoms with Gasteiger partial charge in [0.15, 0.2) is 0 Å². The highest BCUT2D eigenvalue weighted by Crippen LogP contribution is 2.05. The number of aromatic nitrogens is 2. The van der Waals surface area contributed by atoms with E-state index in [0.717, 1.165) is 5.69 Å². The summed E-state index contributed by atoms with van der Waals surface area (Å²) < 4.78 is 5.06. The summed E-state index contributed by atoms with van der Waals surface area (Å²) in [6, 6.07) is 3.61. The molecule has 1 aromatic heterocycles. The zero-order valence-corrected chi connectivity index (χ0v) is 11.1. The Bertz CT molecular complexity index is 464. The van der Waals surface area contributed by atoms with E-state index in [0.29, 0.717) is 5.69 Å². The van der Waals surface area contributed by atoms with E-state index >= 15 is 0 Å². The normalized spacial score (nSPS) is 10.2. The quantitative estimate of drug-likeness (QED) is 0.766. The minimum atomic E-state index is -0.500. The number of ether oxygens (including phenoxy) is 1. The van der Waals surface area contributed by atoms with Crippen molar-refractivity contribution in [2.45, 2.75) is 33.3 Å². The number of alkyl carbamates (subject to hydrolysis) is 1. The number of nitrogens with one attached hydrogen (secondary N) is 1. The Kier molecular flexibility index (Phi) is 4.67. The van der Waals surface area contributed by atoms with Gasteiger partial charge in [-0.15, -0.1) is 5.10 Å². The van der Waals surface area contributed by atoms with Crippen molar-refractivity contribution in [3.8, 4) is 11.8 Å². The number of hydrogen-bond acceptors (Lipinski definition) is 4. The Morgan fingerprint density at radius 2 is 2.11 bits per heavy atom. The summed E-state index contributed by atoms with van der Waals surface area (Å²) in [5, 5.41) is 10.3. The zero-order valence-electron chi connectivity index (χ0n) is 11.1. The molecule has 0 aliphatic rings. The van der Waals surface area contributed by atoms with Gasteiger partial charge in [-0.2, -0.15) is 5.10 Å². The molecule has 96 valence electrons. The summed E-state index contributed by atoms with van der Waals surface area (Å²) in [5.74, 6) is 5.57. The van der Waals surface area contributed by atoms with Crippen LogP contribution >= 0.6 is 0 Å². The van der Waals surface area contributed by atoms with Gasteiger partial charge in [-0.05, 0) is 45.7 Å². The van der Waals surface area contributed by atoms with Crippen LogP contribution < -0.4 is 5.32 Å². The Labute approximate surface area is 107 Å². The first-order valence-electron chi connectivity index (χ1n) is 5.63. The molecule has 0 bridgehead atoms. The van der Waals surface area contributed by atoms with Gasteiger partial charge in [0.05, 0.1) is 12.2 Å². The molecule has 0 aromatic carbocycles. The van der Waals surface area contributed by atoms with Gasteiger partial charge < -0.3 is 10.1 Å². The highest BCUT2D eigenvalue weighted by atomic mass is 16.6. The van der Waals surface area contributed by atoms with Crippen LogP contribution in [0.1, 0.15) is 32.2 Å². The monoisotopic (exact) mass is 247 g/mol. The Morgan fingerprint density at radius 3 is 2.67 bits per heavy atom. The predicted octanol–water partition coefficient (Wildman–Crippen LogP) is 1.66. The van der Waals surface area contributed by atoms with E-state index in [9.17, 15) is 4.79 Å². The van der Waals surface area contributed by atoms with Crippen LogP contribution in [0.4, 0.5) is 4.79 Å². The van der Waals surface area contributed by atoms with Crippen molar-refractivity contribution < 1.29 is 9.53 Å². The molecule has 1 N–H and O–H groups in total. The predicted molar refractivity (Wildman–Crippen MR) is 67.9 cm³/mol. The number of carbonyl (C=O) groups excluding carboxylic acids is 1. The van der Waals surface area contributed by atoms with Crippen molar-refractivity contribution in [1.82, 2.24) is 15.5 Å². The minimum Gasteiger partial charge on any atom is -0.444 e. The number of rotatable bonds is 1. The van der Waals surface area contributed by atoms with E-state index in [1.165, 1.54) is 0 Å². The van der Waals surface area contributed by atoms with Crippen LogP contribution in [0.2, 0.25) is 0 Å². The van der Waals surface area contributed by atoms with Gasteiger partial charge in [0.2, 0.25) is 0 Å². The van der Waals surface area contributed by atoms with Gasteiger partial charge in [0.25, 0.3) is 0 Å². The van der Waals surface area contributed by atoms with Crippen molar-refractivity contribution in [2.75, 3.05) is 6.54 Å². The van der Waals surface area contributed by atoms with Gasteiger partial charge in [0.1, 0.15) is 11.3 Å². The summed E-state index contributed by atoms with van der Waals surface area (Å²) in [4.78, 5) is 11.3. The molecule has 0 aliphatic heterocycles. The molecule has 0 fully saturated rings. The number of amides is 1. The molecule has 1 rings (SSSR count). The Hall–Kier alpha value is -2.09. The van der Waals surface area contributed by atoms with Crippen LogP contribution in [0.5, 0.6) is 0 Å². The lowest BCUT2D eigenvalue weighted by Crippen LogP contribution is -2.32. The average Bonchev–Trinajstić information content (AvgIpc) is 2.24. The molecule has 18 heavy (non-hydrogen) atoms. The maximum Gasteiger partial charge on any atom is 0.408 e. The Balaban J connectivity index is 2.38. The molecule has 1 amide bonds. The smallest absolute Gasteiger partial charge is 0.408 e. The molecule has 1 heterocycles. The highest BCUT2D eigenvalue weighted by molar-refractivity contribution is 5.68. The van der Waals surface area contributed by atoms with Crippen LogP contribution in [-0.4, -0.2) is 28.4 Å². The van der Waals surface area contributed by atoms with E-state index in [-0.39, 0.29) is 6.54 Å². The maximum atomic E-state index is 11.3. The fourth-order valence-corrected chi connectivity index (χ4v) is 1.03. The largest absolute Gasteiger partial charge is 0.444 e. The second-order valence-electron chi connectivity index (χ2n) is 4.72. The summed E-state index contributed by atoms with van der Waals surface area (Å²) in [5.41, 5.74) is 0.916. The molecule has 0 atom stereocenters. The molecular weight excluding hydrogens is 230 g/mol. The molecule has 5 heteroatoms.